The number of ether oxygens (including phenoxy) is 2. The lowest BCUT2D eigenvalue weighted by Gasteiger charge is -2.09. The van der Waals surface area contributed by atoms with E-state index >= 15 is 0 Å². The smallest absolute Gasteiger partial charge is 0.355 e. The summed E-state index contributed by atoms with van der Waals surface area (Å²) in [5.41, 5.74) is 1.98. The number of hydrogen-bond acceptors (Lipinski definition) is 5. The predicted octanol–water partition coefficient (Wildman–Crippen LogP) is 3.76. The zero-order valence-electron chi connectivity index (χ0n) is 16.5. The van der Waals surface area contributed by atoms with Gasteiger partial charge in [-0.2, -0.15) is 0 Å². The molecule has 3 aromatic rings. The molecule has 7 heteroatoms. The van der Waals surface area contributed by atoms with Crippen molar-refractivity contribution < 1.29 is 23.9 Å². The molecule has 1 amide bonds. The van der Waals surface area contributed by atoms with Gasteiger partial charge in [0.05, 0.1) is 12.2 Å². The Labute approximate surface area is 168 Å². The highest BCUT2D eigenvalue weighted by Crippen LogP contribution is 2.23. The molecule has 2 N–H and O–H groups in total. The second kappa shape index (κ2) is 8.60. The van der Waals surface area contributed by atoms with E-state index in [2.05, 4.69) is 10.3 Å². The van der Waals surface area contributed by atoms with Crippen molar-refractivity contribution in [2.24, 2.45) is 0 Å². The molecule has 0 aliphatic rings. The summed E-state index contributed by atoms with van der Waals surface area (Å²) < 4.78 is 10.1. The van der Waals surface area contributed by atoms with Crippen molar-refractivity contribution in [2.45, 2.75) is 20.8 Å². The molecular weight excluding hydrogens is 372 g/mol. The average molecular weight is 394 g/mol. The highest BCUT2D eigenvalue weighted by atomic mass is 16.5. The number of esters is 2. The summed E-state index contributed by atoms with van der Waals surface area (Å²) in [6, 6.07) is 13.2. The minimum absolute atomic E-state index is 0.205. The fourth-order valence-electron chi connectivity index (χ4n) is 3.19. The third kappa shape index (κ3) is 4.29. The first-order valence-corrected chi connectivity index (χ1v) is 9.23. The molecule has 1 aromatic heterocycles. The maximum absolute atomic E-state index is 12.5. The number of H-pyrrole nitrogens is 1. The summed E-state index contributed by atoms with van der Waals surface area (Å²) in [7, 11) is 0. The van der Waals surface area contributed by atoms with Gasteiger partial charge in [-0.15, -0.1) is 0 Å². The largest absolute Gasteiger partial charge is 0.461 e. The summed E-state index contributed by atoms with van der Waals surface area (Å²) in [5, 5.41) is 4.65. The van der Waals surface area contributed by atoms with Crippen LogP contribution in [0.15, 0.2) is 42.5 Å². The van der Waals surface area contributed by atoms with Gasteiger partial charge >= 0.3 is 11.9 Å². The third-order valence-corrected chi connectivity index (χ3v) is 4.52. The number of aryl methyl sites for hydroxylation is 1. The number of aromatic amines is 1. The maximum atomic E-state index is 12.5. The maximum Gasteiger partial charge on any atom is 0.355 e. The van der Waals surface area contributed by atoms with Crippen molar-refractivity contribution in [1.82, 2.24) is 4.98 Å². The number of amides is 1. The zero-order valence-corrected chi connectivity index (χ0v) is 16.5. The van der Waals surface area contributed by atoms with Crippen LogP contribution in [0.3, 0.4) is 0 Å². The predicted molar refractivity (Wildman–Crippen MR) is 109 cm³/mol. The number of rotatable bonds is 6. The molecule has 0 aliphatic heterocycles. The molecule has 2 aromatic carbocycles. The van der Waals surface area contributed by atoms with Crippen LogP contribution in [0.25, 0.3) is 10.8 Å². The Balaban J connectivity index is 1.68. The molecule has 0 atom stereocenters. The van der Waals surface area contributed by atoms with E-state index in [0.717, 1.165) is 10.8 Å². The Morgan fingerprint density at radius 2 is 1.69 bits per heavy atom. The van der Waals surface area contributed by atoms with Crippen molar-refractivity contribution >= 4 is 34.3 Å². The van der Waals surface area contributed by atoms with Gasteiger partial charge < -0.3 is 19.8 Å². The van der Waals surface area contributed by atoms with Crippen molar-refractivity contribution in [3.8, 4) is 0 Å². The molecule has 0 saturated heterocycles. The molecule has 3 rings (SSSR count). The normalized spacial score (nSPS) is 10.6. The Morgan fingerprint density at radius 3 is 2.45 bits per heavy atom. The Hall–Kier alpha value is -3.61. The highest BCUT2D eigenvalue weighted by Gasteiger charge is 2.24. The number of benzene rings is 2. The fourth-order valence-corrected chi connectivity index (χ4v) is 3.19. The van der Waals surface area contributed by atoms with Gasteiger partial charge in [-0.05, 0) is 37.8 Å². The lowest BCUT2D eigenvalue weighted by Crippen LogP contribution is -2.21. The molecule has 0 radical (unpaired) electrons. The monoisotopic (exact) mass is 394 g/mol. The van der Waals surface area contributed by atoms with E-state index in [1.54, 1.807) is 26.8 Å². The molecule has 150 valence electrons. The first-order chi connectivity index (χ1) is 13.9. The zero-order chi connectivity index (χ0) is 21.0. The first-order valence-electron chi connectivity index (χ1n) is 9.23. The van der Waals surface area contributed by atoms with Crippen LogP contribution in [0.5, 0.6) is 0 Å². The standard InChI is InChI=1S/C22H22N2O5/c1-4-28-22(27)20-13(2)19(14(3)23-20)21(26)29-12-18(25)24-17-11-7-9-15-8-5-6-10-16(15)17/h5-11,23H,4,12H2,1-3H3,(H,24,25). The SMILES string of the molecule is CCOC(=O)c1[nH]c(C)c(C(=O)OCC(=O)Nc2cccc3ccccc23)c1C. The van der Waals surface area contributed by atoms with Crippen molar-refractivity contribution in [2.75, 3.05) is 18.5 Å². The third-order valence-electron chi connectivity index (χ3n) is 4.52. The van der Waals surface area contributed by atoms with Crippen LogP contribution in [-0.2, 0) is 14.3 Å². The van der Waals surface area contributed by atoms with Crippen LogP contribution >= 0.6 is 0 Å². The molecule has 0 unspecified atom stereocenters. The number of anilines is 1. The van der Waals surface area contributed by atoms with E-state index in [0.29, 0.717) is 16.9 Å². The summed E-state index contributed by atoms with van der Waals surface area (Å²) in [6.07, 6.45) is 0. The van der Waals surface area contributed by atoms with Gasteiger partial charge in [0.2, 0.25) is 0 Å². The first kappa shape index (κ1) is 20.1. The summed E-state index contributed by atoms with van der Waals surface area (Å²) >= 11 is 0. The quantitative estimate of drug-likeness (QED) is 0.621. The van der Waals surface area contributed by atoms with E-state index in [9.17, 15) is 14.4 Å². The second-order valence-corrected chi connectivity index (χ2v) is 6.50. The molecule has 1 heterocycles. The molecule has 0 aliphatic carbocycles. The fraction of sp³-hybridized carbons (Fsp3) is 0.227. The minimum Gasteiger partial charge on any atom is -0.461 e. The highest BCUT2D eigenvalue weighted by molar-refractivity contribution is 6.04. The van der Waals surface area contributed by atoms with Crippen LogP contribution in [-0.4, -0.2) is 36.0 Å². The van der Waals surface area contributed by atoms with E-state index in [1.165, 1.54) is 0 Å². The summed E-state index contributed by atoms with van der Waals surface area (Å²) in [6.45, 7) is 4.77. The van der Waals surface area contributed by atoms with E-state index in [4.69, 9.17) is 9.47 Å². The minimum atomic E-state index is -0.681. The summed E-state index contributed by atoms with van der Waals surface area (Å²) in [4.78, 5) is 39.6. The van der Waals surface area contributed by atoms with Crippen LogP contribution in [0.2, 0.25) is 0 Å². The van der Waals surface area contributed by atoms with Crippen LogP contribution < -0.4 is 5.32 Å². The van der Waals surface area contributed by atoms with E-state index < -0.39 is 24.5 Å². The Kier molecular flexibility index (Phi) is 5.97. The second-order valence-electron chi connectivity index (χ2n) is 6.50. The number of carbonyl (C=O) groups is 3. The molecule has 0 fully saturated rings. The van der Waals surface area contributed by atoms with Gasteiger partial charge in [-0.3, -0.25) is 4.79 Å². The summed E-state index contributed by atoms with van der Waals surface area (Å²) in [5.74, 6) is -1.67. The van der Waals surface area contributed by atoms with E-state index in [-0.39, 0.29) is 17.9 Å². The number of fused-ring (bicyclic) bond motifs is 1. The Morgan fingerprint density at radius 1 is 0.966 bits per heavy atom. The molecule has 0 saturated carbocycles. The Bertz CT molecular complexity index is 1080. The topological polar surface area (TPSA) is 97.5 Å². The van der Waals surface area contributed by atoms with Gasteiger partial charge in [0.25, 0.3) is 5.91 Å². The van der Waals surface area contributed by atoms with Crippen LogP contribution in [0.4, 0.5) is 5.69 Å². The van der Waals surface area contributed by atoms with Gasteiger partial charge in [0.15, 0.2) is 6.61 Å². The van der Waals surface area contributed by atoms with E-state index in [1.807, 2.05) is 36.4 Å². The molecular formula is C22H22N2O5. The lowest BCUT2D eigenvalue weighted by molar-refractivity contribution is -0.119. The van der Waals surface area contributed by atoms with Crippen LogP contribution in [0.1, 0.15) is 39.0 Å². The van der Waals surface area contributed by atoms with Crippen molar-refractivity contribution in [3.05, 3.63) is 65.0 Å². The number of nitrogens with one attached hydrogen (secondary N) is 2. The van der Waals surface area contributed by atoms with Crippen LogP contribution in [0, 0.1) is 13.8 Å². The lowest BCUT2D eigenvalue weighted by atomic mass is 10.1. The van der Waals surface area contributed by atoms with Gasteiger partial charge in [0.1, 0.15) is 5.69 Å². The molecule has 7 nitrogen and oxygen atoms in total. The number of carbonyl (C=O) groups excluding carboxylic acids is 3. The number of hydrogen-bond donors (Lipinski definition) is 2. The number of aromatic nitrogens is 1. The average Bonchev–Trinajstić information content (AvgIpc) is 3.01. The molecule has 0 spiro atoms. The van der Waals surface area contributed by atoms with Crippen molar-refractivity contribution in [3.63, 3.8) is 0 Å². The molecule has 29 heavy (non-hydrogen) atoms. The van der Waals surface area contributed by atoms with Gasteiger partial charge in [-0.25, -0.2) is 9.59 Å². The van der Waals surface area contributed by atoms with Crippen molar-refractivity contribution in [1.29, 1.82) is 0 Å². The molecule has 0 bridgehead atoms. The van der Waals surface area contributed by atoms with Gasteiger partial charge in [-0.1, -0.05) is 36.4 Å². The van der Waals surface area contributed by atoms with Gasteiger partial charge in [0, 0.05) is 16.8 Å².